The molecule has 1 aliphatic heterocycles. The Hall–Kier alpha value is -2.86. The van der Waals surface area contributed by atoms with E-state index in [1.807, 2.05) is 25.1 Å². The summed E-state index contributed by atoms with van der Waals surface area (Å²) in [4.78, 5) is 27.2. The third-order valence-corrected chi connectivity index (χ3v) is 4.26. The van der Waals surface area contributed by atoms with E-state index in [0.29, 0.717) is 35.6 Å². The molecule has 3 aromatic rings. The van der Waals surface area contributed by atoms with Crippen LogP contribution in [0.3, 0.4) is 0 Å². The maximum Gasteiger partial charge on any atom is 0.162 e. The SMILES string of the molecule is Cc1cccc(-c2nc(N3CCOCC3)c3ncc(C=O)cc3n2)c1. The van der Waals surface area contributed by atoms with Crippen molar-refractivity contribution in [2.24, 2.45) is 0 Å². The Kier molecular flexibility index (Phi) is 4.11. The van der Waals surface area contributed by atoms with Gasteiger partial charge in [0.2, 0.25) is 0 Å². The molecule has 0 aliphatic carbocycles. The topological polar surface area (TPSA) is 68.2 Å². The number of anilines is 1. The zero-order valence-electron chi connectivity index (χ0n) is 14.0. The first-order valence-corrected chi connectivity index (χ1v) is 8.27. The molecule has 3 heterocycles. The van der Waals surface area contributed by atoms with Crippen molar-refractivity contribution in [3.8, 4) is 11.4 Å². The van der Waals surface area contributed by atoms with Gasteiger partial charge in [-0.3, -0.25) is 4.79 Å². The van der Waals surface area contributed by atoms with Gasteiger partial charge in [0.25, 0.3) is 0 Å². The van der Waals surface area contributed by atoms with Crippen molar-refractivity contribution < 1.29 is 9.53 Å². The van der Waals surface area contributed by atoms with Crippen molar-refractivity contribution >= 4 is 23.1 Å². The van der Waals surface area contributed by atoms with Crippen molar-refractivity contribution in [2.45, 2.75) is 6.92 Å². The van der Waals surface area contributed by atoms with Gasteiger partial charge < -0.3 is 9.64 Å². The van der Waals surface area contributed by atoms with Gasteiger partial charge in [0.15, 0.2) is 17.9 Å². The summed E-state index contributed by atoms with van der Waals surface area (Å²) in [7, 11) is 0. The second kappa shape index (κ2) is 6.57. The summed E-state index contributed by atoms with van der Waals surface area (Å²) in [5.74, 6) is 1.43. The van der Waals surface area contributed by atoms with Crippen LogP contribution in [0, 0.1) is 6.92 Å². The Morgan fingerprint density at radius 2 is 2.00 bits per heavy atom. The normalized spacial score (nSPS) is 14.7. The summed E-state index contributed by atoms with van der Waals surface area (Å²) >= 11 is 0. The molecule has 0 bridgehead atoms. The Bertz CT molecular complexity index is 936. The van der Waals surface area contributed by atoms with Gasteiger partial charge in [0.1, 0.15) is 5.52 Å². The number of benzene rings is 1. The van der Waals surface area contributed by atoms with E-state index in [-0.39, 0.29) is 0 Å². The molecule has 1 fully saturated rings. The molecular weight excluding hydrogens is 316 g/mol. The number of hydrogen-bond acceptors (Lipinski definition) is 6. The highest BCUT2D eigenvalue weighted by Gasteiger charge is 2.19. The minimum atomic E-state index is 0.509. The minimum Gasteiger partial charge on any atom is -0.378 e. The van der Waals surface area contributed by atoms with Crippen LogP contribution in [0.2, 0.25) is 0 Å². The number of pyridine rings is 1. The van der Waals surface area contributed by atoms with Crippen LogP contribution in [0.5, 0.6) is 0 Å². The fourth-order valence-electron chi connectivity index (χ4n) is 2.99. The zero-order chi connectivity index (χ0) is 17.2. The number of nitrogens with zero attached hydrogens (tertiary/aromatic N) is 4. The quantitative estimate of drug-likeness (QED) is 0.686. The predicted octanol–water partition coefficient (Wildman–Crippen LogP) is 2.65. The van der Waals surface area contributed by atoms with Crippen molar-refractivity contribution in [3.05, 3.63) is 47.7 Å². The summed E-state index contributed by atoms with van der Waals surface area (Å²) in [6, 6.07) is 9.85. The van der Waals surface area contributed by atoms with Gasteiger partial charge in [0, 0.05) is 30.4 Å². The molecule has 0 N–H and O–H groups in total. The molecule has 2 aromatic heterocycles. The van der Waals surface area contributed by atoms with Crippen LogP contribution >= 0.6 is 0 Å². The first kappa shape index (κ1) is 15.7. The van der Waals surface area contributed by atoms with Crippen molar-refractivity contribution in [1.82, 2.24) is 15.0 Å². The molecular formula is C19H18N4O2. The zero-order valence-corrected chi connectivity index (χ0v) is 14.0. The molecule has 1 saturated heterocycles. The Labute approximate surface area is 145 Å². The number of fused-ring (bicyclic) bond motifs is 1. The molecule has 0 saturated carbocycles. The third kappa shape index (κ3) is 3.08. The Morgan fingerprint density at radius 3 is 2.76 bits per heavy atom. The fraction of sp³-hybridized carbons (Fsp3) is 0.263. The van der Waals surface area contributed by atoms with E-state index in [1.165, 1.54) is 0 Å². The van der Waals surface area contributed by atoms with Crippen LogP contribution < -0.4 is 4.90 Å². The molecule has 1 aliphatic rings. The molecule has 0 atom stereocenters. The molecule has 25 heavy (non-hydrogen) atoms. The smallest absolute Gasteiger partial charge is 0.162 e. The van der Waals surface area contributed by atoms with Gasteiger partial charge in [0.05, 0.1) is 18.7 Å². The average Bonchev–Trinajstić information content (AvgIpc) is 2.67. The van der Waals surface area contributed by atoms with Gasteiger partial charge in [-0.15, -0.1) is 0 Å². The fourth-order valence-corrected chi connectivity index (χ4v) is 2.99. The number of ether oxygens (including phenoxy) is 1. The number of aromatic nitrogens is 3. The highest BCUT2D eigenvalue weighted by atomic mass is 16.5. The van der Waals surface area contributed by atoms with E-state index >= 15 is 0 Å². The van der Waals surface area contributed by atoms with Gasteiger partial charge in [-0.1, -0.05) is 23.8 Å². The van der Waals surface area contributed by atoms with Crippen LogP contribution in [0.4, 0.5) is 5.82 Å². The van der Waals surface area contributed by atoms with E-state index in [0.717, 1.165) is 36.3 Å². The lowest BCUT2D eigenvalue weighted by Gasteiger charge is -2.28. The molecule has 0 amide bonds. The van der Waals surface area contributed by atoms with Crippen molar-refractivity contribution in [3.63, 3.8) is 0 Å². The Morgan fingerprint density at radius 1 is 1.16 bits per heavy atom. The highest BCUT2D eigenvalue weighted by Crippen LogP contribution is 2.27. The van der Waals surface area contributed by atoms with E-state index in [4.69, 9.17) is 9.72 Å². The standard InChI is InChI=1S/C19H18N4O2/c1-13-3-2-4-15(9-13)18-21-16-10-14(12-24)11-20-17(16)19(22-18)23-5-7-25-8-6-23/h2-4,9-12H,5-8H2,1H3. The summed E-state index contributed by atoms with van der Waals surface area (Å²) in [5.41, 5.74) is 4.00. The second-order valence-corrected chi connectivity index (χ2v) is 6.09. The highest BCUT2D eigenvalue weighted by molar-refractivity contribution is 5.91. The number of aryl methyl sites for hydroxylation is 1. The largest absolute Gasteiger partial charge is 0.378 e. The summed E-state index contributed by atoms with van der Waals surface area (Å²) in [6.45, 7) is 4.89. The Balaban J connectivity index is 1.92. The molecule has 0 unspecified atom stereocenters. The van der Waals surface area contributed by atoms with Crippen molar-refractivity contribution in [1.29, 1.82) is 0 Å². The molecule has 0 spiro atoms. The minimum absolute atomic E-state index is 0.509. The summed E-state index contributed by atoms with van der Waals surface area (Å²) < 4.78 is 5.45. The lowest BCUT2D eigenvalue weighted by molar-refractivity contribution is 0.112. The van der Waals surface area contributed by atoms with Gasteiger partial charge >= 0.3 is 0 Å². The number of carbonyl (C=O) groups excluding carboxylic acids is 1. The third-order valence-electron chi connectivity index (χ3n) is 4.26. The molecule has 1 aromatic carbocycles. The first-order chi connectivity index (χ1) is 12.2. The van der Waals surface area contributed by atoms with Crippen LogP contribution in [0.1, 0.15) is 15.9 Å². The van der Waals surface area contributed by atoms with E-state index in [9.17, 15) is 4.79 Å². The molecule has 126 valence electrons. The summed E-state index contributed by atoms with van der Waals surface area (Å²) in [6.07, 6.45) is 2.35. The van der Waals surface area contributed by atoms with E-state index in [2.05, 4.69) is 20.9 Å². The maximum absolute atomic E-state index is 11.1. The van der Waals surface area contributed by atoms with Gasteiger partial charge in [-0.25, -0.2) is 15.0 Å². The predicted molar refractivity (Wildman–Crippen MR) is 95.9 cm³/mol. The molecule has 6 nitrogen and oxygen atoms in total. The lowest BCUT2D eigenvalue weighted by atomic mass is 10.1. The second-order valence-electron chi connectivity index (χ2n) is 6.09. The van der Waals surface area contributed by atoms with Crippen LogP contribution in [-0.4, -0.2) is 47.5 Å². The maximum atomic E-state index is 11.1. The van der Waals surface area contributed by atoms with E-state index in [1.54, 1.807) is 12.3 Å². The lowest BCUT2D eigenvalue weighted by Crippen LogP contribution is -2.37. The first-order valence-electron chi connectivity index (χ1n) is 8.27. The monoisotopic (exact) mass is 334 g/mol. The number of aldehydes is 1. The van der Waals surface area contributed by atoms with Crippen LogP contribution in [-0.2, 0) is 4.74 Å². The number of morpholine rings is 1. The van der Waals surface area contributed by atoms with Gasteiger partial charge in [-0.05, 0) is 19.1 Å². The van der Waals surface area contributed by atoms with Crippen molar-refractivity contribution in [2.75, 3.05) is 31.2 Å². The number of carbonyl (C=O) groups is 1. The molecule has 0 radical (unpaired) electrons. The average molecular weight is 334 g/mol. The molecule has 6 heteroatoms. The van der Waals surface area contributed by atoms with Crippen LogP contribution in [0.15, 0.2) is 36.5 Å². The number of hydrogen-bond donors (Lipinski definition) is 0. The van der Waals surface area contributed by atoms with Crippen LogP contribution in [0.25, 0.3) is 22.4 Å². The van der Waals surface area contributed by atoms with Gasteiger partial charge in [-0.2, -0.15) is 0 Å². The summed E-state index contributed by atoms with van der Waals surface area (Å²) in [5, 5.41) is 0. The molecule has 4 rings (SSSR count). The number of rotatable bonds is 3. The van der Waals surface area contributed by atoms with E-state index < -0.39 is 0 Å².